The maximum atomic E-state index is 13.9. The molecule has 0 aliphatic carbocycles. The number of aliphatic hydroxyl groups excluding tert-OH is 1. The second-order valence-electron chi connectivity index (χ2n) is 5.64. The molecule has 1 amide bonds. The van der Waals surface area contributed by atoms with E-state index in [4.69, 9.17) is 11.6 Å². The third kappa shape index (κ3) is 6.24. The summed E-state index contributed by atoms with van der Waals surface area (Å²) in [6.07, 6.45) is 0. The third-order valence-electron chi connectivity index (χ3n) is 3.61. The lowest BCUT2D eigenvalue weighted by Crippen LogP contribution is -2.35. The van der Waals surface area contributed by atoms with E-state index in [0.717, 1.165) is 6.07 Å². The van der Waals surface area contributed by atoms with Crippen LogP contribution >= 0.6 is 27.5 Å². The molecule has 0 aliphatic rings. The summed E-state index contributed by atoms with van der Waals surface area (Å²) in [4.78, 5) is 24.1. The van der Waals surface area contributed by atoms with E-state index in [9.17, 15) is 24.4 Å². The Labute approximate surface area is 168 Å². The molecule has 0 heterocycles. The predicted molar refractivity (Wildman–Crippen MR) is 103 cm³/mol. The molecule has 0 unspecified atom stereocenters. The molecule has 0 spiro atoms. The van der Waals surface area contributed by atoms with Crippen LogP contribution in [0.15, 0.2) is 40.9 Å². The Morgan fingerprint density at radius 2 is 2.07 bits per heavy atom. The molecule has 0 fully saturated rings. The Hall–Kier alpha value is -2.07. The molecule has 0 aliphatic heterocycles. The molecular formula is C17H16BrClFN3O4. The summed E-state index contributed by atoms with van der Waals surface area (Å²) in [6.45, 7) is -0.0849. The topological polar surface area (TPSA) is 95.7 Å². The average Bonchev–Trinajstić information content (AvgIpc) is 2.59. The quantitative estimate of drug-likeness (QED) is 0.464. The van der Waals surface area contributed by atoms with Crippen LogP contribution in [0, 0.1) is 15.9 Å². The second-order valence-corrected chi connectivity index (χ2v) is 6.96. The summed E-state index contributed by atoms with van der Waals surface area (Å²) in [7, 11) is 0. The first-order valence-corrected chi connectivity index (χ1v) is 8.98. The third-order valence-corrected chi connectivity index (χ3v) is 4.42. The van der Waals surface area contributed by atoms with Crippen LogP contribution < -0.4 is 5.32 Å². The summed E-state index contributed by atoms with van der Waals surface area (Å²) in [5, 5.41) is 22.6. The number of rotatable bonds is 8. The first kappa shape index (κ1) is 21.2. The number of anilines is 1. The van der Waals surface area contributed by atoms with Crippen molar-refractivity contribution in [2.45, 2.75) is 6.54 Å². The van der Waals surface area contributed by atoms with Gasteiger partial charge in [-0.2, -0.15) is 0 Å². The number of nitrogens with zero attached hydrogens (tertiary/aromatic N) is 2. The minimum Gasteiger partial charge on any atom is -0.395 e. The lowest BCUT2D eigenvalue weighted by molar-refractivity contribution is -0.384. The molecule has 2 N–H and O–H groups in total. The Morgan fingerprint density at radius 1 is 1.33 bits per heavy atom. The number of aliphatic hydroxyl groups is 1. The number of halogens is 3. The van der Waals surface area contributed by atoms with Crippen molar-refractivity contribution in [3.8, 4) is 0 Å². The van der Waals surface area contributed by atoms with Crippen molar-refractivity contribution in [2.24, 2.45) is 0 Å². The molecule has 144 valence electrons. The van der Waals surface area contributed by atoms with Crippen LogP contribution in [0.3, 0.4) is 0 Å². The summed E-state index contributed by atoms with van der Waals surface area (Å²) < 4.78 is 14.6. The predicted octanol–water partition coefficient (Wildman–Crippen LogP) is 3.58. The molecule has 0 bridgehead atoms. The van der Waals surface area contributed by atoms with Crippen LogP contribution in [0.5, 0.6) is 0 Å². The van der Waals surface area contributed by atoms with Gasteiger partial charge in [0.05, 0.1) is 18.1 Å². The van der Waals surface area contributed by atoms with Crippen molar-refractivity contribution in [3.05, 3.63) is 67.4 Å². The van der Waals surface area contributed by atoms with Gasteiger partial charge in [0.15, 0.2) is 0 Å². The molecule has 0 aromatic heterocycles. The van der Waals surface area contributed by atoms with E-state index in [1.807, 2.05) is 0 Å². The maximum absolute atomic E-state index is 13.9. The number of hydrogen-bond acceptors (Lipinski definition) is 5. The van der Waals surface area contributed by atoms with Crippen LogP contribution in [0.1, 0.15) is 5.56 Å². The van der Waals surface area contributed by atoms with Crippen molar-refractivity contribution in [1.82, 2.24) is 4.90 Å². The lowest BCUT2D eigenvalue weighted by Gasteiger charge is -2.21. The van der Waals surface area contributed by atoms with Gasteiger partial charge in [-0.25, -0.2) is 4.39 Å². The number of nitrogens with one attached hydrogen (secondary N) is 1. The van der Waals surface area contributed by atoms with Crippen molar-refractivity contribution in [1.29, 1.82) is 0 Å². The summed E-state index contributed by atoms with van der Waals surface area (Å²) in [5.41, 5.74) is 0.263. The minimum absolute atomic E-state index is 0.0370. The average molecular weight is 461 g/mol. The first-order chi connectivity index (χ1) is 12.8. The van der Waals surface area contributed by atoms with Gasteiger partial charge in [-0.3, -0.25) is 19.8 Å². The van der Waals surface area contributed by atoms with Crippen molar-refractivity contribution in [2.75, 3.05) is 25.0 Å². The minimum atomic E-state index is -0.647. The Kier molecular flexibility index (Phi) is 7.66. The first-order valence-electron chi connectivity index (χ1n) is 7.81. The van der Waals surface area contributed by atoms with Crippen LogP contribution in [0.4, 0.5) is 15.8 Å². The molecule has 0 radical (unpaired) electrons. The smallest absolute Gasteiger partial charge is 0.289 e. The standard InChI is InChI=1S/C17H16BrClFN3O4/c18-12-1-4-15(20)11(7-12)9-22(5-6-24)10-17(25)21-13-2-3-14(19)16(8-13)23(26)27/h1-4,7-8,24H,5-6,9-10H2,(H,21,25). The van der Waals surface area contributed by atoms with E-state index in [0.29, 0.717) is 10.0 Å². The zero-order valence-electron chi connectivity index (χ0n) is 14.0. The highest BCUT2D eigenvalue weighted by atomic mass is 79.9. The monoisotopic (exact) mass is 459 g/mol. The zero-order chi connectivity index (χ0) is 20.0. The number of nitro groups is 1. The van der Waals surface area contributed by atoms with Crippen molar-refractivity contribution < 1.29 is 19.2 Å². The van der Waals surface area contributed by atoms with Gasteiger partial charge in [0.25, 0.3) is 5.69 Å². The van der Waals surface area contributed by atoms with E-state index < -0.39 is 16.6 Å². The molecule has 2 aromatic carbocycles. The molecule has 27 heavy (non-hydrogen) atoms. The molecule has 0 atom stereocenters. The lowest BCUT2D eigenvalue weighted by atomic mass is 10.2. The van der Waals surface area contributed by atoms with Crippen molar-refractivity contribution in [3.63, 3.8) is 0 Å². The number of carbonyl (C=O) groups excluding carboxylic acids is 1. The number of carbonyl (C=O) groups is 1. The van der Waals surface area contributed by atoms with E-state index in [1.165, 1.54) is 18.2 Å². The molecule has 0 saturated heterocycles. The Morgan fingerprint density at radius 3 is 2.74 bits per heavy atom. The normalized spacial score (nSPS) is 10.9. The number of benzene rings is 2. The molecule has 2 aromatic rings. The Bertz CT molecular complexity index is 853. The van der Waals surface area contributed by atoms with E-state index >= 15 is 0 Å². The highest BCUT2D eigenvalue weighted by Crippen LogP contribution is 2.27. The van der Waals surface area contributed by atoms with Gasteiger partial charge in [0.2, 0.25) is 5.91 Å². The molecular weight excluding hydrogens is 445 g/mol. The highest BCUT2D eigenvalue weighted by molar-refractivity contribution is 9.10. The fourth-order valence-corrected chi connectivity index (χ4v) is 2.99. The maximum Gasteiger partial charge on any atom is 0.289 e. The number of hydrogen-bond donors (Lipinski definition) is 2. The van der Waals surface area contributed by atoms with Gasteiger partial charge >= 0.3 is 0 Å². The number of amides is 1. The fraction of sp³-hybridized carbons (Fsp3) is 0.235. The second kappa shape index (κ2) is 9.75. The van der Waals surface area contributed by atoms with Crippen LogP contribution in [0.2, 0.25) is 5.02 Å². The largest absolute Gasteiger partial charge is 0.395 e. The van der Waals surface area contributed by atoms with Gasteiger partial charge in [-0.15, -0.1) is 0 Å². The van der Waals surface area contributed by atoms with E-state index in [2.05, 4.69) is 21.2 Å². The van der Waals surface area contributed by atoms with E-state index in [-0.39, 0.29) is 42.6 Å². The number of nitro benzene ring substituents is 1. The van der Waals surface area contributed by atoms with Crippen LogP contribution in [-0.4, -0.2) is 40.5 Å². The van der Waals surface area contributed by atoms with Gasteiger partial charge < -0.3 is 10.4 Å². The molecule has 0 saturated carbocycles. The Balaban J connectivity index is 2.07. The van der Waals surface area contributed by atoms with Gasteiger partial charge in [-0.05, 0) is 30.3 Å². The highest BCUT2D eigenvalue weighted by Gasteiger charge is 2.16. The van der Waals surface area contributed by atoms with Gasteiger partial charge in [0, 0.05) is 34.9 Å². The molecule has 7 nitrogen and oxygen atoms in total. The van der Waals surface area contributed by atoms with Crippen molar-refractivity contribution >= 4 is 44.8 Å². The fourth-order valence-electron chi connectivity index (χ4n) is 2.39. The SMILES string of the molecule is O=C(CN(CCO)Cc1cc(Br)ccc1F)Nc1ccc(Cl)c([N+](=O)[O-])c1. The van der Waals surface area contributed by atoms with Gasteiger partial charge in [-0.1, -0.05) is 27.5 Å². The molecule has 10 heteroatoms. The summed E-state index contributed by atoms with van der Waals surface area (Å²) in [5.74, 6) is -0.884. The van der Waals surface area contributed by atoms with Crippen LogP contribution in [0.25, 0.3) is 0 Å². The summed E-state index contributed by atoms with van der Waals surface area (Å²) in [6, 6.07) is 8.39. The van der Waals surface area contributed by atoms with E-state index in [1.54, 1.807) is 17.0 Å². The van der Waals surface area contributed by atoms with Gasteiger partial charge in [0.1, 0.15) is 10.8 Å². The van der Waals surface area contributed by atoms with Crippen LogP contribution in [-0.2, 0) is 11.3 Å². The summed E-state index contributed by atoms with van der Waals surface area (Å²) >= 11 is 9.01. The zero-order valence-corrected chi connectivity index (χ0v) is 16.3. The molecule has 2 rings (SSSR count).